The fourth-order valence-electron chi connectivity index (χ4n) is 3.21. The Bertz CT molecular complexity index is 272. The molecule has 110 valence electrons. The standard InChI is InChI=1S/C14H28N3OP/c1-16(2)13-5-3-12(4-6-13)11-18-14-7-9-17(19-15)10-8-14/h12-15H,3-11H2,1-2H3. The van der Waals surface area contributed by atoms with Crippen LogP contribution in [0.1, 0.15) is 38.5 Å². The first-order chi connectivity index (χ1) is 9.19. The van der Waals surface area contributed by atoms with Crippen molar-refractivity contribution in [3.63, 3.8) is 0 Å². The van der Waals surface area contributed by atoms with Gasteiger partial charge in [0.1, 0.15) is 0 Å². The topological polar surface area (TPSA) is 39.6 Å². The van der Waals surface area contributed by atoms with Crippen molar-refractivity contribution in [2.75, 3.05) is 33.8 Å². The molecule has 1 aliphatic carbocycles. The van der Waals surface area contributed by atoms with Crippen molar-refractivity contribution in [2.45, 2.75) is 50.7 Å². The zero-order valence-corrected chi connectivity index (χ0v) is 13.2. The van der Waals surface area contributed by atoms with Crippen LogP contribution < -0.4 is 0 Å². The monoisotopic (exact) mass is 285 g/mol. The van der Waals surface area contributed by atoms with Crippen molar-refractivity contribution < 1.29 is 4.74 Å². The average molecular weight is 285 g/mol. The van der Waals surface area contributed by atoms with E-state index in [4.69, 9.17) is 9.90 Å². The minimum Gasteiger partial charge on any atom is -0.378 e. The summed E-state index contributed by atoms with van der Waals surface area (Å²) in [4.78, 5) is 2.37. The van der Waals surface area contributed by atoms with Gasteiger partial charge < -0.3 is 9.64 Å². The van der Waals surface area contributed by atoms with E-state index in [1.807, 2.05) is 0 Å². The number of hydrogen-bond acceptors (Lipinski definition) is 3. The number of nitrogens with one attached hydrogen (secondary N) is 1. The fourth-order valence-corrected chi connectivity index (χ4v) is 3.64. The summed E-state index contributed by atoms with van der Waals surface area (Å²) in [5.74, 6) is 0.781. The number of ether oxygens (including phenoxy) is 1. The molecule has 2 fully saturated rings. The molecular weight excluding hydrogens is 257 g/mol. The van der Waals surface area contributed by atoms with Crippen molar-refractivity contribution >= 4 is 8.52 Å². The Morgan fingerprint density at radius 3 is 2.26 bits per heavy atom. The molecule has 0 unspecified atom stereocenters. The van der Waals surface area contributed by atoms with Gasteiger partial charge in [-0.2, -0.15) is 0 Å². The molecule has 1 heterocycles. The number of nitrogens with zero attached hydrogens (tertiary/aromatic N) is 2. The Kier molecular flexibility index (Phi) is 6.21. The van der Waals surface area contributed by atoms with E-state index in [-0.39, 0.29) is 0 Å². The average Bonchev–Trinajstić information content (AvgIpc) is 2.46. The van der Waals surface area contributed by atoms with Crippen molar-refractivity contribution in [1.29, 1.82) is 5.16 Å². The van der Waals surface area contributed by atoms with E-state index in [9.17, 15) is 0 Å². The normalized spacial score (nSPS) is 31.1. The molecular formula is C14H28N3OP. The van der Waals surface area contributed by atoms with Crippen molar-refractivity contribution in [2.24, 2.45) is 5.92 Å². The first kappa shape index (κ1) is 15.4. The minimum atomic E-state index is 0.449. The fraction of sp³-hybridized carbons (Fsp3) is 1.00. The van der Waals surface area contributed by atoms with Gasteiger partial charge in [0.05, 0.1) is 14.6 Å². The maximum absolute atomic E-state index is 7.33. The predicted octanol–water partition coefficient (Wildman–Crippen LogP) is 3.21. The molecule has 0 atom stereocenters. The first-order valence-electron chi connectivity index (χ1n) is 7.59. The van der Waals surface area contributed by atoms with Crippen LogP contribution in [0.3, 0.4) is 0 Å². The molecule has 5 heteroatoms. The summed E-state index contributed by atoms with van der Waals surface area (Å²) in [5, 5.41) is 7.33. The summed E-state index contributed by atoms with van der Waals surface area (Å²) < 4.78 is 8.28. The van der Waals surface area contributed by atoms with Crippen LogP contribution in [-0.2, 0) is 4.74 Å². The molecule has 0 aromatic rings. The van der Waals surface area contributed by atoms with E-state index in [0.717, 1.165) is 44.5 Å². The van der Waals surface area contributed by atoms with Gasteiger partial charge in [0.2, 0.25) is 0 Å². The third kappa shape index (κ3) is 4.78. The Morgan fingerprint density at radius 2 is 1.74 bits per heavy atom. The highest BCUT2D eigenvalue weighted by Crippen LogP contribution is 2.28. The maximum Gasteiger partial charge on any atom is 0.0903 e. The second-order valence-corrected chi connectivity index (χ2v) is 6.99. The number of hydrogen-bond donors (Lipinski definition) is 1. The third-order valence-electron chi connectivity index (χ3n) is 4.67. The lowest BCUT2D eigenvalue weighted by molar-refractivity contribution is -0.00739. The highest BCUT2D eigenvalue weighted by Gasteiger charge is 2.24. The molecule has 1 saturated heterocycles. The Balaban J connectivity index is 1.61. The summed E-state index contributed by atoms with van der Waals surface area (Å²) in [7, 11) is 5.06. The van der Waals surface area contributed by atoms with Gasteiger partial charge in [-0.25, -0.2) is 4.67 Å². The third-order valence-corrected chi connectivity index (χ3v) is 5.36. The largest absolute Gasteiger partial charge is 0.378 e. The second-order valence-electron chi connectivity index (χ2n) is 6.22. The van der Waals surface area contributed by atoms with Gasteiger partial charge in [-0.15, -0.1) is 0 Å². The Hall–Kier alpha value is -0.0200. The van der Waals surface area contributed by atoms with Gasteiger partial charge in [0, 0.05) is 25.7 Å². The molecule has 0 radical (unpaired) electrons. The molecule has 1 N–H and O–H groups in total. The number of piperidine rings is 1. The van der Waals surface area contributed by atoms with E-state index >= 15 is 0 Å². The molecule has 19 heavy (non-hydrogen) atoms. The lowest BCUT2D eigenvalue weighted by Gasteiger charge is -2.34. The molecule has 0 aromatic heterocycles. The van der Waals surface area contributed by atoms with E-state index in [0.29, 0.717) is 14.6 Å². The van der Waals surface area contributed by atoms with Crippen LogP contribution in [0.25, 0.3) is 0 Å². The zero-order valence-electron chi connectivity index (χ0n) is 12.3. The molecule has 2 aliphatic rings. The minimum absolute atomic E-state index is 0.449. The van der Waals surface area contributed by atoms with Crippen molar-refractivity contribution in [3.05, 3.63) is 0 Å². The van der Waals surface area contributed by atoms with Gasteiger partial charge in [-0.05, 0) is 58.5 Å². The highest BCUT2D eigenvalue weighted by molar-refractivity contribution is 7.22. The van der Waals surface area contributed by atoms with E-state index < -0.39 is 0 Å². The van der Waals surface area contributed by atoms with Gasteiger partial charge in [-0.1, -0.05) is 0 Å². The highest BCUT2D eigenvalue weighted by atomic mass is 31.1. The second kappa shape index (κ2) is 7.68. The molecule has 0 bridgehead atoms. The molecule has 0 spiro atoms. The smallest absolute Gasteiger partial charge is 0.0903 e. The summed E-state index contributed by atoms with van der Waals surface area (Å²) in [6.45, 7) is 3.02. The molecule has 0 aromatic carbocycles. The van der Waals surface area contributed by atoms with Crippen LogP contribution >= 0.6 is 8.52 Å². The molecule has 0 amide bonds. The number of rotatable bonds is 5. The maximum atomic E-state index is 7.33. The van der Waals surface area contributed by atoms with Gasteiger partial charge in [0.25, 0.3) is 0 Å². The summed E-state index contributed by atoms with van der Waals surface area (Å²) in [5.41, 5.74) is 0. The van der Waals surface area contributed by atoms with Gasteiger partial charge in [0.15, 0.2) is 0 Å². The van der Waals surface area contributed by atoms with Gasteiger partial charge >= 0.3 is 0 Å². The van der Waals surface area contributed by atoms with Crippen LogP contribution in [0.5, 0.6) is 0 Å². The van der Waals surface area contributed by atoms with E-state index in [1.54, 1.807) is 0 Å². The summed E-state index contributed by atoms with van der Waals surface area (Å²) in [6.07, 6.45) is 7.98. The lowest BCUT2D eigenvalue weighted by Crippen LogP contribution is -2.35. The SMILES string of the molecule is CN(C)C1CCC(COC2CCN(P=N)CC2)CC1. The summed E-state index contributed by atoms with van der Waals surface area (Å²) in [6, 6.07) is 0.788. The van der Waals surface area contributed by atoms with Crippen LogP contribution in [0, 0.1) is 11.1 Å². The first-order valence-corrected chi connectivity index (χ1v) is 8.44. The van der Waals surface area contributed by atoms with Crippen molar-refractivity contribution in [1.82, 2.24) is 9.57 Å². The Morgan fingerprint density at radius 1 is 1.11 bits per heavy atom. The van der Waals surface area contributed by atoms with Crippen LogP contribution in [0.4, 0.5) is 0 Å². The zero-order chi connectivity index (χ0) is 13.7. The molecule has 1 aliphatic heterocycles. The van der Waals surface area contributed by atoms with Crippen LogP contribution in [0.15, 0.2) is 0 Å². The summed E-state index contributed by atoms with van der Waals surface area (Å²) >= 11 is 0. The van der Waals surface area contributed by atoms with Crippen LogP contribution in [0.2, 0.25) is 0 Å². The van der Waals surface area contributed by atoms with Crippen LogP contribution in [-0.4, -0.2) is 55.5 Å². The predicted molar refractivity (Wildman–Crippen MR) is 79.6 cm³/mol. The van der Waals surface area contributed by atoms with E-state index in [2.05, 4.69) is 23.7 Å². The van der Waals surface area contributed by atoms with Gasteiger partial charge in [-0.3, -0.25) is 5.16 Å². The molecule has 1 saturated carbocycles. The van der Waals surface area contributed by atoms with Crippen molar-refractivity contribution in [3.8, 4) is 0 Å². The van der Waals surface area contributed by atoms with E-state index in [1.165, 1.54) is 25.7 Å². The Labute approximate surface area is 119 Å². The molecule has 2 rings (SSSR count). The quantitative estimate of drug-likeness (QED) is 0.788. The lowest BCUT2D eigenvalue weighted by atomic mass is 9.86. The molecule has 4 nitrogen and oxygen atoms in total.